The zero-order valence-electron chi connectivity index (χ0n) is 12.8. The topological polar surface area (TPSA) is 69.4 Å². The fourth-order valence-electron chi connectivity index (χ4n) is 2.06. The number of sulfonamides is 1. The minimum Gasteiger partial charge on any atom is -0.493 e. The molecule has 0 unspecified atom stereocenters. The molecule has 0 fully saturated rings. The highest BCUT2D eigenvalue weighted by Crippen LogP contribution is 2.30. The predicted molar refractivity (Wildman–Crippen MR) is 81.7 cm³/mol. The molecule has 0 heterocycles. The van der Waals surface area contributed by atoms with Crippen molar-refractivity contribution in [2.24, 2.45) is 5.14 Å². The van der Waals surface area contributed by atoms with Gasteiger partial charge in [0, 0.05) is 0 Å². The molecule has 4 nitrogen and oxygen atoms in total. The Morgan fingerprint density at radius 3 is 2.40 bits per heavy atom. The summed E-state index contributed by atoms with van der Waals surface area (Å²) in [6.07, 6.45) is 3.28. The average Bonchev–Trinajstić information content (AvgIpc) is 2.34. The summed E-state index contributed by atoms with van der Waals surface area (Å²) in [4.78, 5) is 0.200. The lowest BCUT2D eigenvalue weighted by Gasteiger charge is -2.16. The van der Waals surface area contributed by atoms with Crippen molar-refractivity contribution in [1.82, 2.24) is 0 Å². The number of ether oxygens (including phenoxy) is 1. The Balaban J connectivity index is 3.08. The summed E-state index contributed by atoms with van der Waals surface area (Å²) < 4.78 is 29.1. The van der Waals surface area contributed by atoms with E-state index in [9.17, 15) is 8.42 Å². The van der Waals surface area contributed by atoms with Gasteiger partial charge in [-0.05, 0) is 42.5 Å². The Kier molecular flexibility index (Phi) is 6.02. The molecule has 0 aliphatic rings. The third kappa shape index (κ3) is 4.49. The monoisotopic (exact) mass is 299 g/mol. The summed E-state index contributed by atoms with van der Waals surface area (Å²) in [7, 11) is -3.70. The van der Waals surface area contributed by atoms with Crippen LogP contribution in [0.1, 0.15) is 57.1 Å². The van der Waals surface area contributed by atoms with Gasteiger partial charge in [0.25, 0.3) is 0 Å². The Hall–Kier alpha value is -1.07. The van der Waals surface area contributed by atoms with E-state index >= 15 is 0 Å². The van der Waals surface area contributed by atoms with E-state index in [0.717, 1.165) is 30.6 Å². The van der Waals surface area contributed by atoms with E-state index < -0.39 is 10.0 Å². The molecule has 0 aliphatic carbocycles. The van der Waals surface area contributed by atoms with Crippen LogP contribution in [-0.2, 0) is 10.0 Å². The molecule has 114 valence electrons. The highest BCUT2D eigenvalue weighted by atomic mass is 32.2. The van der Waals surface area contributed by atoms with Crippen LogP contribution in [0.5, 0.6) is 5.75 Å². The number of hydrogen-bond donors (Lipinski definition) is 1. The quantitative estimate of drug-likeness (QED) is 0.785. The van der Waals surface area contributed by atoms with Crippen molar-refractivity contribution in [2.75, 3.05) is 6.61 Å². The third-order valence-electron chi connectivity index (χ3n) is 3.24. The van der Waals surface area contributed by atoms with Crippen molar-refractivity contribution in [3.63, 3.8) is 0 Å². The average molecular weight is 299 g/mol. The Bertz CT molecular complexity index is 550. The van der Waals surface area contributed by atoms with E-state index in [-0.39, 0.29) is 10.8 Å². The lowest BCUT2D eigenvalue weighted by molar-refractivity contribution is 0.303. The molecule has 0 saturated heterocycles. The first-order valence-electron chi connectivity index (χ1n) is 7.07. The highest BCUT2D eigenvalue weighted by Gasteiger charge is 2.19. The number of primary sulfonamides is 1. The summed E-state index contributed by atoms with van der Waals surface area (Å²) in [6, 6.07) is 3.42. The molecule has 0 spiro atoms. The predicted octanol–water partition coefficient (Wildman–Crippen LogP) is 3.33. The number of aryl methyl sites for hydroxylation is 1. The Morgan fingerprint density at radius 1 is 1.25 bits per heavy atom. The minimum atomic E-state index is -3.70. The molecule has 0 bridgehead atoms. The maximum Gasteiger partial charge on any atom is 0.238 e. The van der Waals surface area contributed by atoms with Crippen LogP contribution >= 0.6 is 0 Å². The second-order valence-corrected chi connectivity index (χ2v) is 6.94. The molecule has 0 aliphatic heterocycles. The van der Waals surface area contributed by atoms with E-state index in [4.69, 9.17) is 9.88 Å². The van der Waals surface area contributed by atoms with Gasteiger partial charge in [-0.15, -0.1) is 0 Å². The van der Waals surface area contributed by atoms with Gasteiger partial charge in [0.05, 0.1) is 11.5 Å². The largest absolute Gasteiger partial charge is 0.493 e. The van der Waals surface area contributed by atoms with Gasteiger partial charge >= 0.3 is 0 Å². The van der Waals surface area contributed by atoms with Crippen LogP contribution in [0.25, 0.3) is 0 Å². The lowest BCUT2D eigenvalue weighted by atomic mass is 10.0. The summed E-state index contributed by atoms with van der Waals surface area (Å²) >= 11 is 0. The van der Waals surface area contributed by atoms with E-state index in [2.05, 4.69) is 6.92 Å². The van der Waals surface area contributed by atoms with Crippen molar-refractivity contribution in [2.45, 2.75) is 57.8 Å². The van der Waals surface area contributed by atoms with Gasteiger partial charge in [-0.1, -0.05) is 33.6 Å². The van der Waals surface area contributed by atoms with Crippen LogP contribution in [0.15, 0.2) is 17.0 Å². The maximum atomic E-state index is 11.7. The van der Waals surface area contributed by atoms with Crippen molar-refractivity contribution in [3.05, 3.63) is 23.3 Å². The van der Waals surface area contributed by atoms with Crippen LogP contribution < -0.4 is 9.88 Å². The summed E-state index contributed by atoms with van der Waals surface area (Å²) in [5, 5.41) is 5.29. The Labute approximate surface area is 122 Å². The summed E-state index contributed by atoms with van der Waals surface area (Å²) in [5.74, 6) is 0.819. The first-order valence-corrected chi connectivity index (χ1v) is 8.62. The summed E-state index contributed by atoms with van der Waals surface area (Å²) in [6.45, 7) is 8.53. The molecular formula is C15H25NO3S. The molecule has 0 atom stereocenters. The van der Waals surface area contributed by atoms with Crippen LogP contribution in [0.3, 0.4) is 0 Å². The molecular weight excluding hydrogens is 274 g/mol. The van der Waals surface area contributed by atoms with Crippen molar-refractivity contribution < 1.29 is 13.2 Å². The SMILES string of the molecule is CCCCCOc1cc(C(C)C)c(S(N)(=O)=O)cc1C. The first-order chi connectivity index (χ1) is 9.27. The van der Waals surface area contributed by atoms with Gasteiger partial charge in [0.1, 0.15) is 5.75 Å². The number of rotatable bonds is 7. The number of unbranched alkanes of at least 4 members (excludes halogenated alkanes) is 2. The van der Waals surface area contributed by atoms with Crippen LogP contribution in [0.2, 0.25) is 0 Å². The fourth-order valence-corrected chi connectivity index (χ4v) is 3.03. The molecule has 1 aromatic carbocycles. The standard InChI is InChI=1S/C15H25NO3S/c1-5-6-7-8-19-14-10-13(11(2)3)15(9-12(14)4)20(16,17)18/h9-11H,5-8H2,1-4H3,(H2,16,17,18). The zero-order chi connectivity index (χ0) is 15.3. The van der Waals surface area contributed by atoms with E-state index in [1.54, 1.807) is 6.07 Å². The van der Waals surface area contributed by atoms with Gasteiger partial charge in [-0.2, -0.15) is 0 Å². The second kappa shape index (κ2) is 7.09. The van der Waals surface area contributed by atoms with Gasteiger partial charge in [-0.3, -0.25) is 0 Å². The molecule has 5 heteroatoms. The number of nitrogens with two attached hydrogens (primary N) is 1. The zero-order valence-corrected chi connectivity index (χ0v) is 13.6. The third-order valence-corrected chi connectivity index (χ3v) is 4.21. The molecule has 0 radical (unpaired) electrons. The van der Waals surface area contributed by atoms with Gasteiger partial charge in [0.2, 0.25) is 10.0 Å². The number of benzene rings is 1. The second-order valence-electron chi connectivity index (χ2n) is 5.41. The van der Waals surface area contributed by atoms with Crippen LogP contribution in [-0.4, -0.2) is 15.0 Å². The van der Waals surface area contributed by atoms with E-state index in [1.807, 2.05) is 26.8 Å². The van der Waals surface area contributed by atoms with Gasteiger partial charge in [0.15, 0.2) is 0 Å². The first kappa shape index (κ1) is 17.0. The van der Waals surface area contributed by atoms with Gasteiger partial charge < -0.3 is 4.74 Å². The minimum absolute atomic E-state index is 0.0712. The molecule has 0 amide bonds. The highest BCUT2D eigenvalue weighted by molar-refractivity contribution is 7.89. The smallest absolute Gasteiger partial charge is 0.238 e. The maximum absolute atomic E-state index is 11.7. The normalized spacial score (nSPS) is 11.9. The van der Waals surface area contributed by atoms with Crippen molar-refractivity contribution >= 4 is 10.0 Å². The van der Waals surface area contributed by atoms with Crippen molar-refractivity contribution in [3.8, 4) is 5.75 Å². The molecule has 0 saturated carbocycles. The van der Waals surface area contributed by atoms with E-state index in [0.29, 0.717) is 12.2 Å². The van der Waals surface area contributed by atoms with Crippen LogP contribution in [0.4, 0.5) is 0 Å². The molecule has 1 aromatic rings. The van der Waals surface area contributed by atoms with Crippen molar-refractivity contribution in [1.29, 1.82) is 0 Å². The number of hydrogen-bond acceptors (Lipinski definition) is 3. The van der Waals surface area contributed by atoms with Gasteiger partial charge in [-0.25, -0.2) is 13.6 Å². The molecule has 0 aromatic heterocycles. The molecule has 2 N–H and O–H groups in total. The van der Waals surface area contributed by atoms with E-state index in [1.165, 1.54) is 0 Å². The molecule has 1 rings (SSSR count). The fraction of sp³-hybridized carbons (Fsp3) is 0.600. The Morgan fingerprint density at radius 2 is 1.90 bits per heavy atom. The van der Waals surface area contributed by atoms with Crippen LogP contribution in [0, 0.1) is 6.92 Å². The lowest BCUT2D eigenvalue weighted by Crippen LogP contribution is -2.16. The molecule has 20 heavy (non-hydrogen) atoms. The summed E-state index contributed by atoms with van der Waals surface area (Å²) in [5.41, 5.74) is 1.51.